The molecule has 0 bridgehead atoms. The molecule has 0 heterocycles. The summed E-state index contributed by atoms with van der Waals surface area (Å²) in [5, 5.41) is 0. The Hall–Kier alpha value is -4.45. The minimum Gasteiger partial charge on any atom is -0.462 e. The van der Waals surface area contributed by atoms with Crippen LogP contribution in [0.15, 0.2) is 134 Å². The molecule has 0 aliphatic heterocycles. The molecule has 0 aliphatic rings. The molecule has 0 aliphatic carbocycles. The van der Waals surface area contributed by atoms with Gasteiger partial charge in [0, 0.05) is 19.3 Å². The van der Waals surface area contributed by atoms with Crippen molar-refractivity contribution in [2.75, 3.05) is 13.2 Å². The van der Waals surface area contributed by atoms with Gasteiger partial charge in [-0.1, -0.05) is 270 Å². The zero-order chi connectivity index (χ0) is 57.1. The Bertz CT molecular complexity index is 1680. The normalized spacial score (nSPS) is 13.0. The van der Waals surface area contributed by atoms with Gasteiger partial charge in [-0.3, -0.25) is 14.4 Å². The van der Waals surface area contributed by atoms with Crippen LogP contribution in [0, 0.1) is 0 Å². The first-order valence-electron chi connectivity index (χ1n) is 32.7. The van der Waals surface area contributed by atoms with E-state index in [0.717, 1.165) is 161 Å². The summed E-state index contributed by atoms with van der Waals surface area (Å²) in [6.07, 6.45) is 93.0. The van der Waals surface area contributed by atoms with Crippen molar-refractivity contribution in [1.82, 2.24) is 0 Å². The summed E-state index contributed by atoms with van der Waals surface area (Å²) in [6.45, 7) is 6.39. The van der Waals surface area contributed by atoms with Gasteiger partial charge in [0.25, 0.3) is 0 Å². The predicted molar refractivity (Wildman–Crippen MR) is 343 cm³/mol. The van der Waals surface area contributed by atoms with Crippen LogP contribution in [0.5, 0.6) is 0 Å². The number of hydrogen-bond acceptors (Lipinski definition) is 6. The maximum absolute atomic E-state index is 12.9. The van der Waals surface area contributed by atoms with Crippen molar-refractivity contribution in [1.29, 1.82) is 0 Å². The van der Waals surface area contributed by atoms with Gasteiger partial charge < -0.3 is 14.2 Å². The van der Waals surface area contributed by atoms with Crippen LogP contribution in [0.25, 0.3) is 0 Å². The quantitative estimate of drug-likeness (QED) is 0.0261. The fourth-order valence-corrected chi connectivity index (χ4v) is 8.79. The van der Waals surface area contributed by atoms with Gasteiger partial charge in [-0.25, -0.2) is 0 Å². The highest BCUT2D eigenvalue weighted by Gasteiger charge is 2.19. The molecule has 6 nitrogen and oxygen atoms in total. The van der Waals surface area contributed by atoms with E-state index in [4.69, 9.17) is 14.2 Å². The minimum atomic E-state index is -0.805. The first-order chi connectivity index (χ1) is 39.0. The number of carbonyl (C=O) groups excluding carboxylic acids is 3. The van der Waals surface area contributed by atoms with Crippen LogP contribution in [-0.2, 0) is 28.6 Å². The van der Waals surface area contributed by atoms with E-state index in [1.807, 2.05) is 0 Å². The van der Waals surface area contributed by atoms with Gasteiger partial charge in [-0.2, -0.15) is 0 Å². The zero-order valence-electron chi connectivity index (χ0n) is 51.3. The second-order valence-electron chi connectivity index (χ2n) is 21.3. The summed E-state index contributed by atoms with van der Waals surface area (Å²) in [4.78, 5) is 38.4. The van der Waals surface area contributed by atoms with E-state index in [1.54, 1.807) is 0 Å². The summed E-state index contributed by atoms with van der Waals surface area (Å²) in [6, 6.07) is 0. The molecule has 448 valence electrons. The van der Waals surface area contributed by atoms with Crippen LogP contribution in [-0.4, -0.2) is 37.2 Å². The van der Waals surface area contributed by atoms with Gasteiger partial charge >= 0.3 is 17.9 Å². The first kappa shape index (κ1) is 74.5. The monoisotopic (exact) mass is 1090 g/mol. The lowest BCUT2D eigenvalue weighted by molar-refractivity contribution is -0.167. The van der Waals surface area contributed by atoms with Crippen LogP contribution in [0.1, 0.15) is 290 Å². The summed E-state index contributed by atoms with van der Waals surface area (Å²) in [5.74, 6) is -0.933. The molecule has 0 aromatic carbocycles. The molecule has 0 spiro atoms. The van der Waals surface area contributed by atoms with E-state index in [9.17, 15) is 14.4 Å². The van der Waals surface area contributed by atoms with Crippen molar-refractivity contribution in [2.45, 2.75) is 297 Å². The Balaban J connectivity index is 4.49. The van der Waals surface area contributed by atoms with E-state index in [2.05, 4.69) is 154 Å². The molecule has 1 atom stereocenters. The number of allylic oxidation sites excluding steroid dienone is 22. The molecular weight excluding hydrogens is 973 g/mol. The number of esters is 3. The predicted octanol–water partition coefficient (Wildman–Crippen LogP) is 22.5. The average Bonchev–Trinajstić information content (AvgIpc) is 3.45. The summed E-state index contributed by atoms with van der Waals surface area (Å²) in [7, 11) is 0. The third kappa shape index (κ3) is 64.3. The van der Waals surface area contributed by atoms with Gasteiger partial charge in [-0.05, 0) is 135 Å². The topological polar surface area (TPSA) is 78.9 Å². The fourth-order valence-electron chi connectivity index (χ4n) is 8.79. The smallest absolute Gasteiger partial charge is 0.306 e. The highest BCUT2D eigenvalue weighted by molar-refractivity contribution is 5.71. The summed E-state index contributed by atoms with van der Waals surface area (Å²) in [5.41, 5.74) is 0. The molecule has 0 saturated heterocycles. The molecule has 0 saturated carbocycles. The number of unbranched alkanes of at least 4 members (excludes halogenated alkanes) is 25. The van der Waals surface area contributed by atoms with E-state index >= 15 is 0 Å². The van der Waals surface area contributed by atoms with Crippen LogP contribution in [0.3, 0.4) is 0 Å². The van der Waals surface area contributed by atoms with Crippen molar-refractivity contribution < 1.29 is 28.6 Å². The summed E-state index contributed by atoms with van der Waals surface area (Å²) < 4.78 is 16.9. The molecule has 0 radical (unpaired) electrons. The second kappa shape index (κ2) is 66.1. The molecule has 0 aromatic heterocycles. The standard InChI is InChI=1S/C73H120O6/c1-4-7-10-13-16-19-22-25-28-31-34-36-39-42-45-48-51-54-57-60-63-66-72(75)78-69-70(68-77-71(74)65-62-59-56-53-50-47-44-41-38-33-30-27-24-21-18-15-12-9-6-3)79-73(76)67-64-61-58-55-52-49-46-43-40-37-35-32-29-26-23-20-17-14-11-8-5-2/h7-8,10-11,16-17,19-20,25-30,34-37,42-43,45-46,70H,4-6,9,12-15,18,21-24,31-33,38-41,44,47-69H2,1-3H3/b10-7-,11-8-,19-16-,20-17-,28-25-,29-26-,30-27-,36-34-,37-35-,45-42-,46-43-. The third-order valence-electron chi connectivity index (χ3n) is 13.6. The third-order valence-corrected chi connectivity index (χ3v) is 13.6. The lowest BCUT2D eigenvalue weighted by Gasteiger charge is -2.18. The molecule has 0 aromatic rings. The van der Waals surface area contributed by atoms with Gasteiger partial charge in [0.05, 0.1) is 0 Å². The van der Waals surface area contributed by atoms with Crippen molar-refractivity contribution in [3.63, 3.8) is 0 Å². The molecule has 79 heavy (non-hydrogen) atoms. The van der Waals surface area contributed by atoms with Gasteiger partial charge in [0.2, 0.25) is 0 Å². The number of rotatable bonds is 58. The highest BCUT2D eigenvalue weighted by atomic mass is 16.6. The Kier molecular flexibility index (Phi) is 62.3. The number of carbonyl (C=O) groups is 3. The van der Waals surface area contributed by atoms with Crippen LogP contribution >= 0.6 is 0 Å². The molecule has 0 rings (SSSR count). The molecule has 0 N–H and O–H groups in total. The summed E-state index contributed by atoms with van der Waals surface area (Å²) >= 11 is 0. The molecule has 6 heteroatoms. The van der Waals surface area contributed by atoms with Crippen LogP contribution < -0.4 is 0 Å². The van der Waals surface area contributed by atoms with E-state index in [-0.39, 0.29) is 31.1 Å². The van der Waals surface area contributed by atoms with Crippen LogP contribution in [0.4, 0.5) is 0 Å². The number of hydrogen-bond donors (Lipinski definition) is 0. The maximum atomic E-state index is 12.9. The molecule has 0 fully saturated rings. The Morgan fingerprint density at radius 2 is 0.494 bits per heavy atom. The van der Waals surface area contributed by atoms with E-state index in [1.165, 1.54) is 89.9 Å². The molecule has 1 unspecified atom stereocenters. The molecule has 0 amide bonds. The zero-order valence-corrected chi connectivity index (χ0v) is 51.3. The SMILES string of the molecule is CC/C=C\C/C=C\C/C=C\C/C=C\C/C=C\CCCCCCCC(=O)OCC(COC(=O)CCCCCCCCCCC/C=C\CCCCCCCC)OC(=O)CCCCCCC/C=C\C/C=C\C/C=C\C/C=C\C/C=C\CC. The highest BCUT2D eigenvalue weighted by Crippen LogP contribution is 2.15. The number of ether oxygens (including phenoxy) is 3. The van der Waals surface area contributed by atoms with Gasteiger partial charge in [0.15, 0.2) is 6.10 Å². The van der Waals surface area contributed by atoms with Crippen molar-refractivity contribution >= 4 is 17.9 Å². The lowest BCUT2D eigenvalue weighted by Crippen LogP contribution is -2.30. The Labute approximate surface area is 487 Å². The van der Waals surface area contributed by atoms with Gasteiger partial charge in [0.1, 0.15) is 13.2 Å². The first-order valence-corrected chi connectivity index (χ1v) is 32.7. The second-order valence-corrected chi connectivity index (χ2v) is 21.3. The van der Waals surface area contributed by atoms with E-state index < -0.39 is 6.10 Å². The minimum absolute atomic E-state index is 0.0968. The lowest BCUT2D eigenvalue weighted by atomic mass is 10.1. The fraction of sp³-hybridized carbons (Fsp3) is 0.658. The van der Waals surface area contributed by atoms with E-state index in [0.29, 0.717) is 19.3 Å². The maximum Gasteiger partial charge on any atom is 0.306 e. The van der Waals surface area contributed by atoms with Crippen molar-refractivity contribution in [3.05, 3.63) is 134 Å². The molecular formula is C73H120O6. The van der Waals surface area contributed by atoms with Crippen LogP contribution in [0.2, 0.25) is 0 Å². The largest absolute Gasteiger partial charge is 0.462 e. The Morgan fingerprint density at radius 3 is 0.785 bits per heavy atom. The van der Waals surface area contributed by atoms with Crippen molar-refractivity contribution in [2.24, 2.45) is 0 Å². The van der Waals surface area contributed by atoms with Gasteiger partial charge in [-0.15, -0.1) is 0 Å². The van der Waals surface area contributed by atoms with Crippen molar-refractivity contribution in [3.8, 4) is 0 Å². The Morgan fingerprint density at radius 1 is 0.266 bits per heavy atom. The average molecular weight is 1090 g/mol.